The van der Waals surface area contributed by atoms with E-state index in [-0.39, 0.29) is 30.7 Å². The van der Waals surface area contributed by atoms with E-state index in [1.54, 1.807) is 38.3 Å². The summed E-state index contributed by atoms with van der Waals surface area (Å²) < 4.78 is 39.0. The second-order valence-electron chi connectivity index (χ2n) is 5.89. The van der Waals surface area contributed by atoms with Crippen molar-refractivity contribution in [3.05, 3.63) is 66.1 Å². The Morgan fingerprint density at radius 2 is 1.69 bits per heavy atom. The van der Waals surface area contributed by atoms with E-state index in [1.165, 1.54) is 24.3 Å². The lowest BCUT2D eigenvalue weighted by atomic mass is 10.3. The fourth-order valence-electron chi connectivity index (χ4n) is 2.24. The maximum atomic E-state index is 12.9. The maximum absolute atomic E-state index is 12.9. The molecule has 152 valence electrons. The monoisotopic (exact) mass is 402 g/mol. The van der Waals surface area contributed by atoms with E-state index in [2.05, 4.69) is 10.1 Å². The first-order valence-corrected chi connectivity index (χ1v) is 8.70. The number of aromatic nitrogens is 2. The Kier molecular flexibility index (Phi) is 6.62. The van der Waals surface area contributed by atoms with Crippen LogP contribution in [0.25, 0.3) is 0 Å². The molecule has 1 heterocycles. The fraction of sp³-hybridized carbons (Fsp3) is 0.250. The normalized spacial score (nSPS) is 11.6. The van der Waals surface area contributed by atoms with Gasteiger partial charge in [-0.1, -0.05) is 5.16 Å². The number of hydrogen-bond acceptors (Lipinski definition) is 8. The molecule has 0 spiro atoms. The summed E-state index contributed by atoms with van der Waals surface area (Å²) in [6.45, 7) is 1.40. The molecule has 1 atom stereocenters. The molecule has 1 aromatic heterocycles. The highest BCUT2D eigenvalue weighted by molar-refractivity contribution is 5.74. The highest BCUT2D eigenvalue weighted by Gasteiger charge is 2.18. The standard InChI is InChI=1S/C20H19FN2O6/c1-13(28-17-9-7-15(25-2)8-10-17)20(24)27-12-19-22-18(23-29-19)11-26-16-5-3-14(21)4-6-16/h3-10,13H,11-12H2,1-2H3. The van der Waals surface area contributed by atoms with E-state index >= 15 is 0 Å². The van der Waals surface area contributed by atoms with Crippen molar-refractivity contribution in [1.82, 2.24) is 10.1 Å². The number of hydrogen-bond donors (Lipinski definition) is 0. The van der Waals surface area contributed by atoms with Crippen LogP contribution in [0.5, 0.6) is 17.2 Å². The van der Waals surface area contributed by atoms with Gasteiger partial charge in [0.1, 0.15) is 23.1 Å². The molecule has 1 unspecified atom stereocenters. The molecule has 29 heavy (non-hydrogen) atoms. The van der Waals surface area contributed by atoms with E-state index in [4.69, 9.17) is 23.5 Å². The maximum Gasteiger partial charge on any atom is 0.347 e. The largest absolute Gasteiger partial charge is 0.497 e. The van der Waals surface area contributed by atoms with Gasteiger partial charge in [-0.3, -0.25) is 0 Å². The van der Waals surface area contributed by atoms with Crippen LogP contribution in [0.15, 0.2) is 53.1 Å². The molecule has 0 saturated heterocycles. The van der Waals surface area contributed by atoms with Gasteiger partial charge >= 0.3 is 5.97 Å². The Morgan fingerprint density at radius 1 is 1.03 bits per heavy atom. The highest BCUT2D eigenvalue weighted by Crippen LogP contribution is 2.18. The van der Waals surface area contributed by atoms with Crippen LogP contribution >= 0.6 is 0 Å². The molecule has 0 N–H and O–H groups in total. The van der Waals surface area contributed by atoms with Crippen LogP contribution in [0, 0.1) is 5.82 Å². The molecule has 3 rings (SSSR count). The molecule has 0 fully saturated rings. The number of rotatable bonds is 9. The Hall–Kier alpha value is -3.62. The summed E-state index contributed by atoms with van der Waals surface area (Å²) in [5.41, 5.74) is 0. The van der Waals surface area contributed by atoms with Crippen LogP contribution in [0.3, 0.4) is 0 Å². The smallest absolute Gasteiger partial charge is 0.347 e. The first-order valence-electron chi connectivity index (χ1n) is 8.70. The molecule has 0 radical (unpaired) electrons. The van der Waals surface area contributed by atoms with Crippen molar-refractivity contribution in [2.24, 2.45) is 0 Å². The van der Waals surface area contributed by atoms with Crippen molar-refractivity contribution >= 4 is 5.97 Å². The molecule has 0 aliphatic heterocycles. The molecule has 0 amide bonds. The fourth-order valence-corrected chi connectivity index (χ4v) is 2.24. The van der Waals surface area contributed by atoms with Crippen LogP contribution in [0.2, 0.25) is 0 Å². The summed E-state index contributed by atoms with van der Waals surface area (Å²) in [5, 5.41) is 3.74. The van der Waals surface area contributed by atoms with Crippen LogP contribution in [0.4, 0.5) is 4.39 Å². The van der Waals surface area contributed by atoms with Gasteiger partial charge in [0, 0.05) is 0 Å². The van der Waals surface area contributed by atoms with E-state index in [0.29, 0.717) is 17.2 Å². The van der Waals surface area contributed by atoms with Crippen molar-refractivity contribution in [3.8, 4) is 17.2 Å². The molecular formula is C20H19FN2O6. The SMILES string of the molecule is COc1ccc(OC(C)C(=O)OCc2nc(COc3ccc(F)cc3)no2)cc1. The lowest BCUT2D eigenvalue weighted by Crippen LogP contribution is -2.26. The average Bonchev–Trinajstić information content (AvgIpc) is 3.20. The number of benzene rings is 2. The van der Waals surface area contributed by atoms with Gasteiger partial charge in [-0.15, -0.1) is 0 Å². The van der Waals surface area contributed by atoms with Gasteiger partial charge < -0.3 is 23.5 Å². The van der Waals surface area contributed by atoms with Crippen molar-refractivity contribution < 1.29 is 32.7 Å². The summed E-state index contributed by atoms with van der Waals surface area (Å²) in [5.74, 6) is 1.11. The van der Waals surface area contributed by atoms with Gasteiger partial charge in [0.25, 0.3) is 5.89 Å². The Balaban J connectivity index is 1.44. The number of carbonyl (C=O) groups is 1. The third-order valence-corrected chi connectivity index (χ3v) is 3.73. The molecule has 8 nitrogen and oxygen atoms in total. The van der Waals surface area contributed by atoms with Gasteiger partial charge in [-0.2, -0.15) is 4.98 Å². The average molecular weight is 402 g/mol. The summed E-state index contributed by atoms with van der Waals surface area (Å²) in [4.78, 5) is 16.1. The second kappa shape index (κ2) is 9.54. The first kappa shape index (κ1) is 20.1. The van der Waals surface area contributed by atoms with Crippen LogP contribution in [-0.2, 0) is 22.7 Å². The van der Waals surface area contributed by atoms with Gasteiger partial charge in [-0.25, -0.2) is 9.18 Å². The van der Waals surface area contributed by atoms with Crippen molar-refractivity contribution in [3.63, 3.8) is 0 Å². The topological polar surface area (TPSA) is 92.9 Å². The minimum atomic E-state index is -0.826. The molecule has 2 aromatic carbocycles. The predicted octanol–water partition coefficient (Wildman–Crippen LogP) is 3.31. The van der Waals surface area contributed by atoms with Gasteiger partial charge in [-0.05, 0) is 55.5 Å². The van der Waals surface area contributed by atoms with E-state index < -0.39 is 12.1 Å². The zero-order chi connectivity index (χ0) is 20.6. The van der Waals surface area contributed by atoms with Crippen LogP contribution in [0.1, 0.15) is 18.6 Å². The molecular weight excluding hydrogens is 383 g/mol. The number of halogens is 1. The third kappa shape index (κ3) is 5.93. The number of methoxy groups -OCH3 is 1. The van der Waals surface area contributed by atoms with Crippen molar-refractivity contribution in [1.29, 1.82) is 0 Å². The quantitative estimate of drug-likeness (QED) is 0.504. The summed E-state index contributed by atoms with van der Waals surface area (Å²) in [7, 11) is 1.56. The Labute approximate surface area is 166 Å². The lowest BCUT2D eigenvalue weighted by molar-refractivity contribution is -0.153. The Bertz CT molecular complexity index is 927. The highest BCUT2D eigenvalue weighted by atomic mass is 19.1. The number of esters is 1. The minimum Gasteiger partial charge on any atom is -0.497 e. The van der Waals surface area contributed by atoms with E-state index in [9.17, 15) is 9.18 Å². The summed E-state index contributed by atoms with van der Waals surface area (Å²) in [6.07, 6.45) is -0.826. The lowest BCUT2D eigenvalue weighted by Gasteiger charge is -2.13. The summed E-state index contributed by atoms with van der Waals surface area (Å²) >= 11 is 0. The number of nitrogens with zero attached hydrogens (tertiary/aromatic N) is 2. The van der Waals surface area contributed by atoms with Gasteiger partial charge in [0.05, 0.1) is 7.11 Å². The zero-order valence-corrected chi connectivity index (χ0v) is 15.8. The van der Waals surface area contributed by atoms with E-state index in [1.807, 2.05) is 0 Å². The Morgan fingerprint density at radius 3 is 2.38 bits per heavy atom. The van der Waals surface area contributed by atoms with Crippen LogP contribution in [-0.4, -0.2) is 29.3 Å². The number of ether oxygens (including phenoxy) is 4. The number of carbonyl (C=O) groups excluding carboxylic acids is 1. The van der Waals surface area contributed by atoms with Crippen LogP contribution < -0.4 is 14.2 Å². The summed E-state index contributed by atoms with van der Waals surface area (Å²) in [6, 6.07) is 12.4. The van der Waals surface area contributed by atoms with Gasteiger partial charge in [0.15, 0.2) is 19.3 Å². The molecule has 0 bridgehead atoms. The predicted molar refractivity (Wildman–Crippen MR) is 97.9 cm³/mol. The first-order chi connectivity index (χ1) is 14.0. The van der Waals surface area contributed by atoms with Gasteiger partial charge in [0.2, 0.25) is 5.82 Å². The third-order valence-electron chi connectivity index (χ3n) is 3.73. The van der Waals surface area contributed by atoms with Crippen molar-refractivity contribution in [2.75, 3.05) is 7.11 Å². The molecule has 0 aliphatic rings. The molecule has 0 aliphatic carbocycles. The molecule has 9 heteroatoms. The zero-order valence-electron chi connectivity index (χ0n) is 15.8. The van der Waals surface area contributed by atoms with Crippen molar-refractivity contribution in [2.45, 2.75) is 26.2 Å². The molecule has 3 aromatic rings. The van der Waals surface area contributed by atoms with E-state index in [0.717, 1.165) is 0 Å². The molecule has 0 saturated carbocycles. The second-order valence-corrected chi connectivity index (χ2v) is 5.89. The minimum absolute atomic E-state index is 0.0278.